The second-order valence-corrected chi connectivity index (χ2v) is 6.99. The molecule has 2 amide bonds. The summed E-state index contributed by atoms with van der Waals surface area (Å²) in [6.07, 6.45) is 1.23. The Hall–Kier alpha value is -2.15. The highest BCUT2D eigenvalue weighted by Gasteiger charge is 2.29. The number of nitrogens with zero attached hydrogens (tertiary/aromatic N) is 2. The maximum Gasteiger partial charge on any atom is 0.409 e. The molecule has 2 aromatic rings. The van der Waals surface area contributed by atoms with E-state index in [1.54, 1.807) is 11.8 Å². The predicted molar refractivity (Wildman–Crippen MR) is 94.3 cm³/mol. The zero-order valence-corrected chi connectivity index (χ0v) is 14.7. The molecule has 24 heavy (non-hydrogen) atoms. The molecule has 128 valence electrons. The van der Waals surface area contributed by atoms with Crippen molar-refractivity contribution in [3.8, 4) is 0 Å². The Kier molecular flexibility index (Phi) is 4.99. The number of thiazole rings is 1. The molecule has 1 saturated heterocycles. The maximum absolute atomic E-state index is 12.5. The van der Waals surface area contributed by atoms with Gasteiger partial charge in [-0.05, 0) is 44.4 Å². The van der Waals surface area contributed by atoms with E-state index in [2.05, 4.69) is 16.4 Å². The van der Waals surface area contributed by atoms with E-state index < -0.39 is 0 Å². The first-order valence-electron chi connectivity index (χ1n) is 8.16. The fourth-order valence-electron chi connectivity index (χ4n) is 2.86. The van der Waals surface area contributed by atoms with Crippen LogP contribution in [0.3, 0.4) is 0 Å². The summed E-state index contributed by atoms with van der Waals surface area (Å²) in [5, 5.41) is 3.51. The van der Waals surface area contributed by atoms with Crippen molar-refractivity contribution in [1.29, 1.82) is 0 Å². The van der Waals surface area contributed by atoms with Gasteiger partial charge in [-0.2, -0.15) is 0 Å². The van der Waals surface area contributed by atoms with Crippen LogP contribution in [-0.4, -0.2) is 41.6 Å². The van der Waals surface area contributed by atoms with Crippen molar-refractivity contribution >= 4 is 38.7 Å². The molecular formula is C17H21N3O3S. The quantitative estimate of drug-likeness (QED) is 0.923. The van der Waals surface area contributed by atoms with Gasteiger partial charge in [0.05, 0.1) is 22.7 Å². The number of aromatic nitrogens is 1. The summed E-state index contributed by atoms with van der Waals surface area (Å²) in [6, 6.07) is 6.03. The minimum Gasteiger partial charge on any atom is -0.450 e. The van der Waals surface area contributed by atoms with E-state index in [0.29, 0.717) is 24.8 Å². The van der Waals surface area contributed by atoms with Crippen molar-refractivity contribution < 1.29 is 14.3 Å². The third-order valence-electron chi connectivity index (χ3n) is 4.09. The number of likely N-dealkylation sites (tertiary alicyclic amines) is 1. The van der Waals surface area contributed by atoms with E-state index in [4.69, 9.17) is 4.74 Å². The highest BCUT2D eigenvalue weighted by Crippen LogP contribution is 2.28. The highest BCUT2D eigenvalue weighted by atomic mass is 32.1. The van der Waals surface area contributed by atoms with Gasteiger partial charge in [-0.15, -0.1) is 0 Å². The summed E-state index contributed by atoms with van der Waals surface area (Å²) in [5.74, 6) is -0.309. The second-order valence-electron chi connectivity index (χ2n) is 5.96. The maximum atomic E-state index is 12.5. The molecule has 3 rings (SSSR count). The summed E-state index contributed by atoms with van der Waals surface area (Å²) in [7, 11) is 0. The summed E-state index contributed by atoms with van der Waals surface area (Å²) < 4.78 is 6.08. The highest BCUT2D eigenvalue weighted by molar-refractivity contribution is 7.22. The van der Waals surface area contributed by atoms with Gasteiger partial charge in [0.15, 0.2) is 5.13 Å². The van der Waals surface area contributed by atoms with Crippen LogP contribution in [0, 0.1) is 12.8 Å². The topological polar surface area (TPSA) is 71.5 Å². The number of benzene rings is 1. The normalized spacial score (nSPS) is 17.8. The van der Waals surface area contributed by atoms with Crippen molar-refractivity contribution in [2.75, 3.05) is 25.0 Å². The van der Waals surface area contributed by atoms with E-state index in [-0.39, 0.29) is 17.9 Å². The number of carbonyl (C=O) groups excluding carboxylic acids is 2. The third-order valence-corrected chi connectivity index (χ3v) is 5.03. The van der Waals surface area contributed by atoms with Gasteiger partial charge in [0, 0.05) is 13.1 Å². The molecule has 0 spiro atoms. The van der Waals surface area contributed by atoms with Crippen molar-refractivity contribution in [2.45, 2.75) is 26.7 Å². The Bertz CT molecular complexity index is 759. The van der Waals surface area contributed by atoms with Crippen molar-refractivity contribution in [1.82, 2.24) is 9.88 Å². The van der Waals surface area contributed by atoms with E-state index >= 15 is 0 Å². The summed E-state index contributed by atoms with van der Waals surface area (Å²) >= 11 is 1.47. The molecule has 7 heteroatoms. The lowest BCUT2D eigenvalue weighted by Crippen LogP contribution is -2.44. The molecule has 1 N–H and O–H groups in total. The zero-order valence-electron chi connectivity index (χ0n) is 13.9. The van der Waals surface area contributed by atoms with Crippen LogP contribution in [0.2, 0.25) is 0 Å². The first-order valence-corrected chi connectivity index (χ1v) is 8.98. The Morgan fingerprint density at radius 1 is 1.46 bits per heavy atom. The number of anilines is 1. The van der Waals surface area contributed by atoms with E-state index in [1.807, 2.05) is 19.1 Å². The first kappa shape index (κ1) is 16.7. The summed E-state index contributed by atoms with van der Waals surface area (Å²) in [4.78, 5) is 30.4. The van der Waals surface area contributed by atoms with E-state index in [9.17, 15) is 9.59 Å². The monoisotopic (exact) mass is 347 g/mol. The number of fused-ring (bicyclic) bond motifs is 1. The molecule has 0 radical (unpaired) electrons. The standard InChI is InChI=1S/C17H21N3O3S/c1-3-23-17(22)20-8-4-5-12(10-20)15(21)19-16-18-13-7-6-11(2)9-14(13)24-16/h6-7,9,12H,3-5,8,10H2,1-2H3,(H,18,19,21). The number of rotatable bonds is 3. The van der Waals surface area contributed by atoms with Gasteiger partial charge in [-0.25, -0.2) is 9.78 Å². The third kappa shape index (κ3) is 3.67. The molecule has 1 aliphatic heterocycles. The van der Waals surface area contributed by atoms with Gasteiger partial charge in [-0.1, -0.05) is 17.4 Å². The van der Waals surface area contributed by atoms with Gasteiger partial charge >= 0.3 is 6.09 Å². The molecule has 2 heterocycles. The fraction of sp³-hybridized carbons (Fsp3) is 0.471. The SMILES string of the molecule is CCOC(=O)N1CCCC(C(=O)Nc2nc3ccc(C)cc3s2)C1. The summed E-state index contributed by atoms with van der Waals surface area (Å²) in [6.45, 7) is 5.19. The van der Waals surface area contributed by atoms with Crippen LogP contribution in [0.1, 0.15) is 25.3 Å². The fourth-order valence-corrected chi connectivity index (χ4v) is 3.83. The molecule has 1 aromatic heterocycles. The average molecular weight is 347 g/mol. The van der Waals surface area contributed by atoms with Crippen LogP contribution in [0.5, 0.6) is 0 Å². The smallest absolute Gasteiger partial charge is 0.409 e. The minimum absolute atomic E-state index is 0.0835. The van der Waals surface area contributed by atoms with Crippen LogP contribution in [0.15, 0.2) is 18.2 Å². The average Bonchev–Trinajstić information content (AvgIpc) is 2.96. The Morgan fingerprint density at radius 3 is 3.08 bits per heavy atom. The van der Waals surface area contributed by atoms with Crippen LogP contribution < -0.4 is 5.32 Å². The zero-order chi connectivity index (χ0) is 17.1. The molecule has 1 aromatic carbocycles. The van der Waals surface area contributed by atoms with E-state index in [0.717, 1.165) is 23.1 Å². The van der Waals surface area contributed by atoms with Gasteiger partial charge in [0.2, 0.25) is 5.91 Å². The molecule has 0 bridgehead atoms. The van der Waals surface area contributed by atoms with Crippen molar-refractivity contribution in [2.24, 2.45) is 5.92 Å². The second kappa shape index (κ2) is 7.17. The lowest BCUT2D eigenvalue weighted by Gasteiger charge is -2.30. The molecule has 0 aliphatic carbocycles. The number of piperidine rings is 1. The van der Waals surface area contributed by atoms with E-state index in [1.165, 1.54) is 16.9 Å². The van der Waals surface area contributed by atoms with Crippen LogP contribution in [0.25, 0.3) is 10.2 Å². The molecule has 0 saturated carbocycles. The first-order chi connectivity index (χ1) is 11.6. The number of aryl methyl sites for hydroxylation is 1. The molecule has 1 fully saturated rings. The number of nitrogens with one attached hydrogen (secondary N) is 1. The number of hydrogen-bond donors (Lipinski definition) is 1. The van der Waals surface area contributed by atoms with Gasteiger partial charge in [0.1, 0.15) is 0 Å². The molecule has 1 atom stereocenters. The predicted octanol–water partition coefficient (Wildman–Crippen LogP) is 3.41. The largest absolute Gasteiger partial charge is 0.450 e. The van der Waals surface area contributed by atoms with Crippen LogP contribution >= 0.6 is 11.3 Å². The molecule has 6 nitrogen and oxygen atoms in total. The molecular weight excluding hydrogens is 326 g/mol. The number of amides is 2. The number of carbonyl (C=O) groups is 2. The van der Waals surface area contributed by atoms with Crippen LogP contribution in [0.4, 0.5) is 9.93 Å². The van der Waals surface area contributed by atoms with Gasteiger partial charge in [0.25, 0.3) is 0 Å². The van der Waals surface area contributed by atoms with Crippen molar-refractivity contribution in [3.05, 3.63) is 23.8 Å². The van der Waals surface area contributed by atoms with Crippen LogP contribution in [-0.2, 0) is 9.53 Å². The van der Waals surface area contributed by atoms with Crippen molar-refractivity contribution in [3.63, 3.8) is 0 Å². The number of ether oxygens (including phenoxy) is 1. The number of hydrogen-bond acceptors (Lipinski definition) is 5. The summed E-state index contributed by atoms with van der Waals surface area (Å²) in [5.41, 5.74) is 2.05. The Labute approximate surface area is 144 Å². The van der Waals surface area contributed by atoms with Gasteiger partial charge < -0.3 is 15.0 Å². The molecule has 1 unspecified atom stereocenters. The molecule has 1 aliphatic rings. The lowest BCUT2D eigenvalue weighted by atomic mass is 9.97. The Balaban J connectivity index is 1.65. The lowest BCUT2D eigenvalue weighted by molar-refractivity contribution is -0.121. The van der Waals surface area contributed by atoms with Gasteiger partial charge in [-0.3, -0.25) is 4.79 Å². The Morgan fingerprint density at radius 2 is 2.29 bits per heavy atom. The minimum atomic E-state index is -0.342.